The molecule has 2 aliphatic heterocycles. The van der Waals surface area contributed by atoms with E-state index in [9.17, 15) is 4.79 Å². The highest BCUT2D eigenvalue weighted by Gasteiger charge is 2.21. The summed E-state index contributed by atoms with van der Waals surface area (Å²) in [6.07, 6.45) is 0.830. The van der Waals surface area contributed by atoms with E-state index < -0.39 is 0 Å². The van der Waals surface area contributed by atoms with Crippen molar-refractivity contribution in [1.29, 1.82) is 0 Å². The van der Waals surface area contributed by atoms with Crippen LogP contribution in [0.3, 0.4) is 0 Å². The molecular formula is C13H12ClNO4. The minimum absolute atomic E-state index is 0. The van der Waals surface area contributed by atoms with Crippen LogP contribution in [0.25, 0.3) is 11.0 Å². The monoisotopic (exact) mass is 281 g/mol. The molecule has 1 N–H and O–H groups in total. The molecule has 2 aliphatic rings. The molecular weight excluding hydrogens is 270 g/mol. The van der Waals surface area contributed by atoms with Gasteiger partial charge in [0, 0.05) is 18.0 Å². The largest absolute Gasteiger partial charge is 0.454 e. The quantitative estimate of drug-likeness (QED) is 0.743. The fourth-order valence-electron chi connectivity index (χ4n) is 2.58. The van der Waals surface area contributed by atoms with Gasteiger partial charge in [-0.15, -0.1) is 12.4 Å². The van der Waals surface area contributed by atoms with Gasteiger partial charge in [0.15, 0.2) is 11.5 Å². The Labute approximate surface area is 114 Å². The van der Waals surface area contributed by atoms with E-state index in [1.54, 1.807) is 6.07 Å². The van der Waals surface area contributed by atoms with E-state index in [0.29, 0.717) is 17.9 Å². The van der Waals surface area contributed by atoms with Gasteiger partial charge in [0.05, 0.1) is 5.56 Å². The van der Waals surface area contributed by atoms with Crippen LogP contribution in [0, 0.1) is 0 Å². The molecule has 0 saturated heterocycles. The molecule has 6 heteroatoms. The number of hydrogen-bond donors (Lipinski definition) is 1. The van der Waals surface area contributed by atoms with Crippen LogP contribution < -0.4 is 20.4 Å². The van der Waals surface area contributed by atoms with E-state index in [1.807, 2.05) is 6.07 Å². The first kappa shape index (κ1) is 12.3. The van der Waals surface area contributed by atoms with Gasteiger partial charge in [0.2, 0.25) is 6.79 Å². The normalized spacial score (nSPS) is 16.0. The Balaban J connectivity index is 0.00000110. The molecule has 1 aromatic carbocycles. The van der Waals surface area contributed by atoms with Crippen molar-refractivity contribution in [3.63, 3.8) is 0 Å². The molecule has 0 amide bonds. The number of hydrogen-bond acceptors (Lipinski definition) is 5. The van der Waals surface area contributed by atoms with Crippen LogP contribution in [-0.2, 0) is 13.0 Å². The second-order valence-electron chi connectivity index (χ2n) is 4.48. The van der Waals surface area contributed by atoms with Gasteiger partial charge in [0.25, 0.3) is 0 Å². The first-order chi connectivity index (χ1) is 8.83. The molecule has 3 heterocycles. The highest BCUT2D eigenvalue weighted by molar-refractivity contribution is 5.85. The fourth-order valence-corrected chi connectivity index (χ4v) is 2.58. The number of halogens is 1. The zero-order valence-electron chi connectivity index (χ0n) is 10.0. The van der Waals surface area contributed by atoms with E-state index in [0.717, 1.165) is 35.2 Å². The summed E-state index contributed by atoms with van der Waals surface area (Å²) in [4.78, 5) is 11.9. The molecule has 2 aromatic rings. The lowest BCUT2D eigenvalue weighted by Crippen LogP contribution is -2.28. The third kappa shape index (κ3) is 1.77. The lowest BCUT2D eigenvalue weighted by Gasteiger charge is -2.17. The Hall–Kier alpha value is -1.72. The van der Waals surface area contributed by atoms with Gasteiger partial charge in [-0.1, -0.05) is 0 Å². The molecule has 100 valence electrons. The standard InChI is InChI=1S/C13H11NO4.ClH/c15-13-9-5-14-2-1-7(9)8-3-11-12(17-6-16-11)4-10(8)18-13;/h3-4,14H,1-2,5-6H2;1H. The number of fused-ring (bicyclic) bond motifs is 4. The first-order valence-electron chi connectivity index (χ1n) is 5.92. The molecule has 5 nitrogen and oxygen atoms in total. The first-order valence-corrected chi connectivity index (χ1v) is 5.92. The lowest BCUT2D eigenvalue weighted by molar-refractivity contribution is 0.174. The van der Waals surface area contributed by atoms with Gasteiger partial charge >= 0.3 is 5.63 Å². The Morgan fingerprint density at radius 1 is 1.11 bits per heavy atom. The maximum absolute atomic E-state index is 11.9. The summed E-state index contributed by atoms with van der Waals surface area (Å²) in [6, 6.07) is 3.64. The van der Waals surface area contributed by atoms with Crippen LogP contribution in [0.4, 0.5) is 0 Å². The van der Waals surface area contributed by atoms with Crippen LogP contribution in [0.15, 0.2) is 21.3 Å². The molecule has 0 spiro atoms. The van der Waals surface area contributed by atoms with Gasteiger partial charge in [-0.05, 0) is 24.6 Å². The second-order valence-corrected chi connectivity index (χ2v) is 4.48. The van der Waals surface area contributed by atoms with Crippen LogP contribution in [0.2, 0.25) is 0 Å². The van der Waals surface area contributed by atoms with Crippen LogP contribution in [0.5, 0.6) is 11.5 Å². The Kier molecular flexibility index (Phi) is 2.88. The van der Waals surface area contributed by atoms with Crippen molar-refractivity contribution in [2.75, 3.05) is 13.3 Å². The van der Waals surface area contributed by atoms with Crippen molar-refractivity contribution in [3.05, 3.63) is 33.7 Å². The molecule has 0 unspecified atom stereocenters. The molecule has 0 bridgehead atoms. The minimum Gasteiger partial charge on any atom is -0.454 e. The summed E-state index contributed by atoms with van der Waals surface area (Å²) in [7, 11) is 0. The summed E-state index contributed by atoms with van der Waals surface area (Å²) in [5.41, 5.74) is 2.11. The van der Waals surface area contributed by atoms with Gasteiger partial charge in [0.1, 0.15) is 5.58 Å². The average Bonchev–Trinajstić information content (AvgIpc) is 2.84. The van der Waals surface area contributed by atoms with Crippen molar-refractivity contribution in [3.8, 4) is 11.5 Å². The Morgan fingerprint density at radius 3 is 2.74 bits per heavy atom. The van der Waals surface area contributed by atoms with E-state index in [1.165, 1.54) is 0 Å². The van der Waals surface area contributed by atoms with Gasteiger partial charge in [-0.2, -0.15) is 0 Å². The smallest absolute Gasteiger partial charge is 0.341 e. The highest BCUT2D eigenvalue weighted by Crippen LogP contribution is 2.37. The predicted octanol–water partition coefficient (Wildman–Crippen LogP) is 1.59. The molecule has 0 aliphatic carbocycles. The molecule has 19 heavy (non-hydrogen) atoms. The van der Waals surface area contributed by atoms with Crippen LogP contribution in [0.1, 0.15) is 11.1 Å². The number of nitrogens with one attached hydrogen (secondary N) is 1. The summed E-state index contributed by atoms with van der Waals surface area (Å²) < 4.78 is 16.0. The van der Waals surface area contributed by atoms with Crippen molar-refractivity contribution >= 4 is 23.4 Å². The maximum atomic E-state index is 11.9. The minimum atomic E-state index is -0.261. The second kappa shape index (κ2) is 4.43. The lowest BCUT2D eigenvalue weighted by atomic mass is 9.98. The predicted molar refractivity (Wildman–Crippen MR) is 71.3 cm³/mol. The third-order valence-electron chi connectivity index (χ3n) is 3.47. The highest BCUT2D eigenvalue weighted by atomic mass is 35.5. The van der Waals surface area contributed by atoms with Crippen molar-refractivity contribution in [2.24, 2.45) is 0 Å². The van der Waals surface area contributed by atoms with Crippen molar-refractivity contribution in [2.45, 2.75) is 13.0 Å². The van der Waals surface area contributed by atoms with E-state index in [2.05, 4.69) is 5.32 Å². The molecule has 0 radical (unpaired) electrons. The molecule has 4 rings (SSSR count). The number of rotatable bonds is 0. The molecule has 0 atom stereocenters. The Morgan fingerprint density at radius 2 is 1.89 bits per heavy atom. The van der Waals surface area contributed by atoms with Gasteiger partial charge < -0.3 is 19.2 Å². The Bertz CT molecular complexity index is 710. The van der Waals surface area contributed by atoms with E-state index >= 15 is 0 Å². The fraction of sp³-hybridized carbons (Fsp3) is 0.308. The van der Waals surface area contributed by atoms with Gasteiger partial charge in [-0.3, -0.25) is 0 Å². The number of benzene rings is 1. The van der Waals surface area contributed by atoms with Crippen LogP contribution in [-0.4, -0.2) is 13.3 Å². The number of ether oxygens (including phenoxy) is 2. The summed E-state index contributed by atoms with van der Waals surface area (Å²) >= 11 is 0. The van der Waals surface area contributed by atoms with E-state index in [-0.39, 0.29) is 24.8 Å². The topological polar surface area (TPSA) is 60.7 Å². The SMILES string of the molecule is Cl.O=c1oc2cc3c(cc2c2c1CNCC2)OCO3. The third-order valence-corrected chi connectivity index (χ3v) is 3.47. The van der Waals surface area contributed by atoms with Gasteiger partial charge in [-0.25, -0.2) is 4.79 Å². The van der Waals surface area contributed by atoms with Crippen LogP contribution >= 0.6 is 12.4 Å². The van der Waals surface area contributed by atoms with Crippen molar-refractivity contribution in [1.82, 2.24) is 5.32 Å². The summed E-state index contributed by atoms with van der Waals surface area (Å²) in [6.45, 7) is 1.67. The summed E-state index contributed by atoms with van der Waals surface area (Å²) in [5, 5.41) is 4.14. The average molecular weight is 282 g/mol. The molecule has 0 fully saturated rings. The molecule has 0 saturated carbocycles. The zero-order valence-corrected chi connectivity index (χ0v) is 10.8. The summed E-state index contributed by atoms with van der Waals surface area (Å²) in [5.74, 6) is 1.36. The van der Waals surface area contributed by atoms with E-state index in [4.69, 9.17) is 13.9 Å². The van der Waals surface area contributed by atoms with Crippen molar-refractivity contribution < 1.29 is 13.9 Å². The molecule has 1 aromatic heterocycles. The maximum Gasteiger partial charge on any atom is 0.341 e. The zero-order chi connectivity index (χ0) is 12.1.